The second-order valence-corrected chi connectivity index (χ2v) is 3.60. The summed E-state index contributed by atoms with van der Waals surface area (Å²) in [6.45, 7) is 4.86. The molecule has 0 aromatic heterocycles. The standard InChI is InChI=1S/C8H18O3/c1-6(9)4-8(3,11)5-7(2)10/h6-7,9-11H,4-5H2,1-3H3/t6-,7-/m0/s1. The normalized spacial score (nSPS) is 18.0. The zero-order chi connectivity index (χ0) is 9.07. The van der Waals surface area contributed by atoms with E-state index in [9.17, 15) is 5.11 Å². The van der Waals surface area contributed by atoms with Crippen molar-refractivity contribution in [3.63, 3.8) is 0 Å². The highest BCUT2D eigenvalue weighted by molar-refractivity contribution is 4.76. The number of aliphatic hydroxyl groups excluding tert-OH is 2. The van der Waals surface area contributed by atoms with Gasteiger partial charge in [0, 0.05) is 12.8 Å². The molecule has 0 aliphatic rings. The zero-order valence-corrected chi connectivity index (χ0v) is 7.41. The average Bonchev–Trinajstić information content (AvgIpc) is 1.53. The van der Waals surface area contributed by atoms with Crippen LogP contribution in [0.15, 0.2) is 0 Å². The van der Waals surface area contributed by atoms with Crippen LogP contribution in [-0.4, -0.2) is 33.1 Å². The van der Waals surface area contributed by atoms with Crippen LogP contribution in [0.5, 0.6) is 0 Å². The van der Waals surface area contributed by atoms with Crippen molar-refractivity contribution in [3.8, 4) is 0 Å². The van der Waals surface area contributed by atoms with Crippen molar-refractivity contribution < 1.29 is 15.3 Å². The van der Waals surface area contributed by atoms with E-state index in [2.05, 4.69) is 0 Å². The minimum Gasteiger partial charge on any atom is -0.393 e. The van der Waals surface area contributed by atoms with E-state index < -0.39 is 17.8 Å². The quantitative estimate of drug-likeness (QED) is 0.556. The maximum Gasteiger partial charge on any atom is 0.0668 e. The molecule has 0 rings (SSSR count). The first-order chi connectivity index (χ1) is 4.83. The van der Waals surface area contributed by atoms with Crippen molar-refractivity contribution in [2.75, 3.05) is 0 Å². The van der Waals surface area contributed by atoms with E-state index in [4.69, 9.17) is 10.2 Å². The lowest BCUT2D eigenvalue weighted by atomic mass is 9.93. The maximum atomic E-state index is 9.54. The van der Waals surface area contributed by atoms with Gasteiger partial charge < -0.3 is 15.3 Å². The zero-order valence-electron chi connectivity index (χ0n) is 7.41. The molecular formula is C8H18O3. The van der Waals surface area contributed by atoms with E-state index in [1.165, 1.54) is 0 Å². The van der Waals surface area contributed by atoms with Crippen LogP contribution >= 0.6 is 0 Å². The van der Waals surface area contributed by atoms with Gasteiger partial charge in [0.2, 0.25) is 0 Å². The molecule has 0 aliphatic carbocycles. The van der Waals surface area contributed by atoms with E-state index in [0.29, 0.717) is 12.8 Å². The van der Waals surface area contributed by atoms with Crippen molar-refractivity contribution in [1.82, 2.24) is 0 Å². The summed E-state index contributed by atoms with van der Waals surface area (Å²) in [5, 5.41) is 27.5. The number of rotatable bonds is 4. The molecule has 0 unspecified atom stereocenters. The largest absolute Gasteiger partial charge is 0.393 e. The first kappa shape index (κ1) is 10.9. The van der Waals surface area contributed by atoms with Gasteiger partial charge in [0.25, 0.3) is 0 Å². The van der Waals surface area contributed by atoms with E-state index in [0.717, 1.165) is 0 Å². The van der Waals surface area contributed by atoms with Gasteiger partial charge in [-0.1, -0.05) is 0 Å². The molecule has 3 heteroatoms. The summed E-state index contributed by atoms with van der Waals surface area (Å²) in [6.07, 6.45) is -0.442. The molecule has 0 bridgehead atoms. The molecule has 0 fully saturated rings. The molecule has 2 atom stereocenters. The Bertz CT molecular complexity index is 95.9. The minimum atomic E-state index is -0.956. The van der Waals surface area contributed by atoms with E-state index in [-0.39, 0.29) is 0 Å². The van der Waals surface area contributed by atoms with Crippen LogP contribution in [0.1, 0.15) is 33.6 Å². The molecule has 11 heavy (non-hydrogen) atoms. The fraction of sp³-hybridized carbons (Fsp3) is 1.00. The first-order valence-corrected chi connectivity index (χ1v) is 3.92. The second kappa shape index (κ2) is 4.04. The van der Waals surface area contributed by atoms with E-state index in [1.807, 2.05) is 0 Å². The number of hydrogen-bond donors (Lipinski definition) is 3. The second-order valence-electron chi connectivity index (χ2n) is 3.60. The Morgan fingerprint density at radius 1 is 1.09 bits per heavy atom. The molecule has 0 saturated carbocycles. The van der Waals surface area contributed by atoms with Gasteiger partial charge in [0.1, 0.15) is 0 Å². The maximum absolute atomic E-state index is 9.54. The molecule has 0 amide bonds. The lowest BCUT2D eigenvalue weighted by Gasteiger charge is -2.25. The fourth-order valence-electron chi connectivity index (χ4n) is 1.36. The average molecular weight is 162 g/mol. The molecular weight excluding hydrogens is 144 g/mol. The predicted octanol–water partition coefficient (Wildman–Crippen LogP) is 0.279. The van der Waals surface area contributed by atoms with Gasteiger partial charge in [0.05, 0.1) is 17.8 Å². The van der Waals surface area contributed by atoms with Crippen molar-refractivity contribution in [1.29, 1.82) is 0 Å². The summed E-state index contributed by atoms with van der Waals surface area (Å²) < 4.78 is 0. The minimum absolute atomic E-state index is 0.303. The van der Waals surface area contributed by atoms with Gasteiger partial charge in [-0.25, -0.2) is 0 Å². The third kappa shape index (κ3) is 6.28. The lowest BCUT2D eigenvalue weighted by molar-refractivity contribution is -0.0244. The Kier molecular flexibility index (Phi) is 4.00. The van der Waals surface area contributed by atoms with Crippen LogP contribution in [0.4, 0.5) is 0 Å². The van der Waals surface area contributed by atoms with Gasteiger partial charge in [0.15, 0.2) is 0 Å². The Balaban J connectivity index is 3.79. The third-order valence-corrected chi connectivity index (χ3v) is 1.47. The molecule has 0 radical (unpaired) electrons. The molecule has 0 aromatic rings. The highest BCUT2D eigenvalue weighted by Gasteiger charge is 2.24. The Hall–Kier alpha value is -0.120. The van der Waals surface area contributed by atoms with Gasteiger partial charge in [-0.2, -0.15) is 0 Å². The van der Waals surface area contributed by atoms with Crippen LogP contribution in [0.3, 0.4) is 0 Å². The van der Waals surface area contributed by atoms with E-state index in [1.54, 1.807) is 20.8 Å². The SMILES string of the molecule is C[C@H](O)CC(C)(O)C[C@H](C)O. The highest BCUT2D eigenvalue weighted by atomic mass is 16.3. The van der Waals surface area contributed by atoms with Crippen LogP contribution in [0, 0.1) is 0 Å². The monoisotopic (exact) mass is 162 g/mol. The van der Waals surface area contributed by atoms with Gasteiger partial charge in [-0.15, -0.1) is 0 Å². The van der Waals surface area contributed by atoms with Gasteiger partial charge in [-0.05, 0) is 20.8 Å². The van der Waals surface area contributed by atoms with Crippen molar-refractivity contribution >= 4 is 0 Å². The summed E-state index contributed by atoms with van der Waals surface area (Å²) in [4.78, 5) is 0. The molecule has 68 valence electrons. The summed E-state index contributed by atoms with van der Waals surface area (Å²) in [6, 6.07) is 0. The molecule has 0 aliphatic heterocycles. The Morgan fingerprint density at radius 3 is 1.55 bits per heavy atom. The van der Waals surface area contributed by atoms with Gasteiger partial charge in [-0.3, -0.25) is 0 Å². The Labute approximate surface area is 67.7 Å². The molecule has 0 aromatic carbocycles. The molecule has 0 heterocycles. The van der Waals surface area contributed by atoms with Crippen LogP contribution in [0.25, 0.3) is 0 Å². The summed E-state index contributed by atoms with van der Waals surface area (Å²) in [7, 11) is 0. The number of hydrogen-bond acceptors (Lipinski definition) is 3. The highest BCUT2D eigenvalue weighted by Crippen LogP contribution is 2.18. The molecule has 0 spiro atoms. The van der Waals surface area contributed by atoms with Crippen LogP contribution in [-0.2, 0) is 0 Å². The molecule has 3 nitrogen and oxygen atoms in total. The Morgan fingerprint density at radius 2 is 1.36 bits per heavy atom. The van der Waals surface area contributed by atoms with Gasteiger partial charge >= 0.3 is 0 Å². The van der Waals surface area contributed by atoms with E-state index >= 15 is 0 Å². The molecule has 0 saturated heterocycles. The third-order valence-electron chi connectivity index (χ3n) is 1.47. The lowest BCUT2D eigenvalue weighted by Crippen LogP contribution is -2.32. The molecule has 3 N–H and O–H groups in total. The summed E-state index contributed by atoms with van der Waals surface area (Å²) >= 11 is 0. The van der Waals surface area contributed by atoms with Crippen LogP contribution in [0.2, 0.25) is 0 Å². The topological polar surface area (TPSA) is 60.7 Å². The van der Waals surface area contributed by atoms with Crippen molar-refractivity contribution in [2.45, 2.75) is 51.4 Å². The predicted molar refractivity (Wildman–Crippen MR) is 43.2 cm³/mol. The fourth-order valence-corrected chi connectivity index (χ4v) is 1.36. The van der Waals surface area contributed by atoms with Crippen molar-refractivity contribution in [2.24, 2.45) is 0 Å². The smallest absolute Gasteiger partial charge is 0.0668 e. The van der Waals surface area contributed by atoms with Crippen molar-refractivity contribution in [3.05, 3.63) is 0 Å². The summed E-state index contributed by atoms with van der Waals surface area (Å²) in [5.41, 5.74) is -0.956. The van der Waals surface area contributed by atoms with Crippen LogP contribution < -0.4 is 0 Å². The summed E-state index contributed by atoms with van der Waals surface area (Å²) in [5.74, 6) is 0. The first-order valence-electron chi connectivity index (χ1n) is 3.92. The number of aliphatic hydroxyl groups is 3.